The van der Waals surface area contributed by atoms with E-state index >= 15 is 0 Å². The van der Waals surface area contributed by atoms with E-state index in [1.165, 1.54) is 6.92 Å². The highest BCUT2D eigenvalue weighted by Crippen LogP contribution is 2.42. The van der Waals surface area contributed by atoms with E-state index in [-0.39, 0.29) is 60.7 Å². The van der Waals surface area contributed by atoms with E-state index in [2.05, 4.69) is 115 Å². The van der Waals surface area contributed by atoms with Gasteiger partial charge in [-0.25, -0.2) is 0 Å². The fourth-order valence-corrected chi connectivity index (χ4v) is 18.5. The van der Waals surface area contributed by atoms with Gasteiger partial charge in [0.15, 0.2) is 25.0 Å². The molecule has 10 unspecified atom stereocenters. The quantitative estimate of drug-likeness (QED) is 0.0311. The molecule has 0 radical (unpaired) electrons. The van der Waals surface area contributed by atoms with Gasteiger partial charge in [0.05, 0.1) is 30.3 Å². The smallest absolute Gasteiger partial charge is 0.308 e. The molecule has 0 amide bonds. The molecule has 0 spiro atoms. The lowest BCUT2D eigenvalue weighted by Gasteiger charge is -2.39. The summed E-state index contributed by atoms with van der Waals surface area (Å²) in [6.07, 6.45) is 13.3. The van der Waals surface area contributed by atoms with Crippen LogP contribution in [0.4, 0.5) is 0 Å². The van der Waals surface area contributed by atoms with Crippen LogP contribution >= 0.6 is 0 Å². The Balaban J connectivity index is 2.49. The zero-order valence-electron chi connectivity index (χ0n) is 40.7. The molecule has 2 aliphatic rings. The highest BCUT2D eigenvalue weighted by Gasteiger charge is 2.50. The molecule has 0 aromatic heterocycles. The van der Waals surface area contributed by atoms with E-state index in [1.54, 1.807) is 0 Å². The number of carbonyl (C=O) groups is 2. The van der Waals surface area contributed by atoms with E-state index in [1.807, 2.05) is 19.1 Å². The number of cyclic esters (lactones) is 1. The maximum absolute atomic E-state index is 13.9. The van der Waals surface area contributed by atoms with Gasteiger partial charge in [-0.15, -0.1) is 0 Å². The SMILES string of the molecule is CCC(O[Si](CC)(CC)CC)C(C)C1OC1CC(C)(/C=C/C=C(\C)C1OC(=O)CC(O[Si](CC)(CC)CC)CCC(C)C(OC(C)=O)/C=C/C1C)O[Si](CC)(CC)CC. The normalized spacial score (nSPS) is 27.9. The average Bonchev–Trinajstić information content (AvgIpc) is 3.99. The Bertz CT molecular complexity index is 1330. The second-order valence-corrected chi connectivity index (χ2v) is 32.5. The van der Waals surface area contributed by atoms with E-state index in [9.17, 15) is 9.59 Å². The Morgan fingerprint density at radius 2 is 1.41 bits per heavy atom. The second-order valence-electron chi connectivity index (χ2n) is 18.4. The maximum atomic E-state index is 13.9. The third-order valence-corrected chi connectivity index (χ3v) is 28.7. The molecular formula is C48H90O8Si3. The van der Waals surface area contributed by atoms with Crippen molar-refractivity contribution >= 4 is 36.9 Å². The number of hydrogen-bond acceptors (Lipinski definition) is 8. The lowest BCUT2D eigenvalue weighted by molar-refractivity contribution is -0.151. The number of carbonyl (C=O) groups excluding carboxylic acids is 2. The van der Waals surface area contributed by atoms with Gasteiger partial charge in [0.2, 0.25) is 0 Å². The summed E-state index contributed by atoms with van der Waals surface area (Å²) in [5.41, 5.74) is 0.417. The Morgan fingerprint density at radius 3 is 1.92 bits per heavy atom. The molecule has 10 atom stereocenters. The van der Waals surface area contributed by atoms with E-state index in [0.29, 0.717) is 12.3 Å². The molecule has 1 fully saturated rings. The average molecular weight is 879 g/mol. The minimum atomic E-state index is -2.00. The number of allylic oxidation sites excluding steroid dienone is 2. The summed E-state index contributed by atoms with van der Waals surface area (Å²) in [6, 6.07) is 9.65. The van der Waals surface area contributed by atoms with Crippen LogP contribution in [0.5, 0.6) is 0 Å². The van der Waals surface area contributed by atoms with Crippen LogP contribution in [0.2, 0.25) is 54.4 Å². The van der Waals surface area contributed by atoms with E-state index in [0.717, 1.165) is 79.2 Å². The van der Waals surface area contributed by atoms with Crippen molar-refractivity contribution in [2.45, 2.75) is 240 Å². The summed E-state index contributed by atoms with van der Waals surface area (Å²) in [5, 5.41) is 0. The van der Waals surface area contributed by atoms with Gasteiger partial charge in [0.25, 0.3) is 0 Å². The molecule has 59 heavy (non-hydrogen) atoms. The topological polar surface area (TPSA) is 92.8 Å². The first kappa shape index (κ1) is 53.8. The van der Waals surface area contributed by atoms with Gasteiger partial charge in [-0.2, -0.15) is 0 Å². The first-order chi connectivity index (χ1) is 27.9. The zero-order valence-corrected chi connectivity index (χ0v) is 43.7. The standard InChI is InChI=1S/C48H90O8Si3/c1-17-42(55-58(21-5,22-6)23-7)39(14)47-44(52-47)35-48(16,56-59(24-8,25-9)26-10)33-27-28-37(12)46-38(13)30-32-43(51-40(15)49)36(11)29-31-41(34-45(50)53-46)54-57(18-2,19-3)20-4/h27-28,30,32-33,36,38-39,41-44,46-47H,17-26,29,31,34-35H2,1-16H3/b32-30+,33-27+,37-28+. The fraction of sp³-hybridized carbons (Fsp3) is 0.833. The molecule has 0 N–H and O–H groups in total. The molecule has 11 heteroatoms. The lowest BCUT2D eigenvalue weighted by atomic mass is 9.91. The maximum Gasteiger partial charge on any atom is 0.308 e. The van der Waals surface area contributed by atoms with Crippen LogP contribution in [0.15, 0.2) is 36.0 Å². The first-order valence-electron chi connectivity index (χ1n) is 24.0. The van der Waals surface area contributed by atoms with Crippen molar-refractivity contribution in [1.82, 2.24) is 0 Å². The summed E-state index contributed by atoms with van der Waals surface area (Å²) in [7, 11) is -5.75. The number of rotatable bonds is 24. The minimum Gasteiger partial charge on any atom is -0.458 e. The summed E-state index contributed by atoms with van der Waals surface area (Å²) >= 11 is 0. The van der Waals surface area contributed by atoms with Gasteiger partial charge < -0.3 is 27.5 Å². The lowest BCUT2D eigenvalue weighted by Crippen LogP contribution is -2.46. The van der Waals surface area contributed by atoms with Crippen molar-refractivity contribution in [3.8, 4) is 0 Å². The largest absolute Gasteiger partial charge is 0.458 e. The van der Waals surface area contributed by atoms with Crippen LogP contribution in [0.25, 0.3) is 0 Å². The summed E-state index contributed by atoms with van der Waals surface area (Å²) in [5.74, 6) is -0.304. The number of ether oxygens (including phenoxy) is 3. The van der Waals surface area contributed by atoms with Gasteiger partial charge in [0.1, 0.15) is 12.2 Å². The monoisotopic (exact) mass is 879 g/mol. The van der Waals surface area contributed by atoms with Gasteiger partial charge in [-0.3, -0.25) is 9.59 Å². The molecule has 0 aromatic rings. The van der Waals surface area contributed by atoms with Gasteiger partial charge in [-0.1, -0.05) is 114 Å². The molecule has 0 bridgehead atoms. The van der Waals surface area contributed by atoms with Crippen molar-refractivity contribution in [3.05, 3.63) is 36.0 Å². The predicted molar refractivity (Wildman–Crippen MR) is 253 cm³/mol. The fourth-order valence-electron chi connectivity index (χ4n) is 9.46. The molecule has 2 heterocycles. The summed E-state index contributed by atoms with van der Waals surface area (Å²) in [4.78, 5) is 26.1. The second kappa shape index (κ2) is 25.1. The van der Waals surface area contributed by atoms with Gasteiger partial charge in [0, 0.05) is 31.3 Å². The Kier molecular flexibility index (Phi) is 22.9. The Hall–Kier alpha value is -1.35. The van der Waals surface area contributed by atoms with Crippen LogP contribution in [0.3, 0.4) is 0 Å². The van der Waals surface area contributed by atoms with Crippen molar-refractivity contribution < 1.29 is 37.1 Å². The molecule has 2 rings (SSSR count). The van der Waals surface area contributed by atoms with E-state index in [4.69, 9.17) is 27.5 Å². The molecule has 0 saturated carbocycles. The van der Waals surface area contributed by atoms with Crippen LogP contribution in [-0.2, 0) is 37.1 Å². The third kappa shape index (κ3) is 15.7. The van der Waals surface area contributed by atoms with Crippen LogP contribution in [-0.4, -0.2) is 79.1 Å². The number of epoxide rings is 1. The Morgan fingerprint density at radius 1 is 0.847 bits per heavy atom. The minimum absolute atomic E-state index is 0.0726. The van der Waals surface area contributed by atoms with Crippen LogP contribution in [0, 0.1) is 17.8 Å². The van der Waals surface area contributed by atoms with Crippen LogP contribution in [0.1, 0.15) is 143 Å². The molecule has 0 aliphatic carbocycles. The van der Waals surface area contributed by atoms with Gasteiger partial charge in [-0.05, 0) is 105 Å². The van der Waals surface area contributed by atoms with Crippen molar-refractivity contribution in [1.29, 1.82) is 0 Å². The van der Waals surface area contributed by atoms with Crippen molar-refractivity contribution in [3.63, 3.8) is 0 Å². The zero-order chi connectivity index (χ0) is 44.6. The molecule has 1 saturated heterocycles. The highest BCUT2D eigenvalue weighted by atomic mass is 28.4. The third-order valence-electron chi connectivity index (χ3n) is 14.6. The van der Waals surface area contributed by atoms with Crippen molar-refractivity contribution in [2.24, 2.45) is 17.8 Å². The predicted octanol–water partition coefficient (Wildman–Crippen LogP) is 13.1. The molecule has 342 valence electrons. The van der Waals surface area contributed by atoms with Gasteiger partial charge >= 0.3 is 11.9 Å². The number of esters is 2. The summed E-state index contributed by atoms with van der Waals surface area (Å²) in [6.45, 7) is 34.9. The Labute approximate surface area is 365 Å². The highest BCUT2D eigenvalue weighted by molar-refractivity contribution is 6.74. The van der Waals surface area contributed by atoms with E-state index < -0.39 is 36.7 Å². The molecule has 2 aliphatic heterocycles. The molecule has 0 aromatic carbocycles. The molecule has 8 nitrogen and oxygen atoms in total. The number of hydrogen-bond donors (Lipinski definition) is 0. The van der Waals surface area contributed by atoms with Crippen LogP contribution < -0.4 is 0 Å². The molecular weight excluding hydrogens is 789 g/mol. The first-order valence-corrected chi connectivity index (χ1v) is 31.6. The summed E-state index contributed by atoms with van der Waals surface area (Å²) < 4.78 is 40.1. The van der Waals surface area contributed by atoms with Crippen molar-refractivity contribution in [2.75, 3.05) is 0 Å².